The zero-order valence-corrected chi connectivity index (χ0v) is 23.8. The van der Waals surface area contributed by atoms with Crippen LogP contribution in [0.3, 0.4) is 0 Å². The summed E-state index contributed by atoms with van der Waals surface area (Å²) >= 11 is 0. The fourth-order valence-corrected chi connectivity index (χ4v) is 3.84. The number of benzene rings is 4. The van der Waals surface area contributed by atoms with Crippen LogP contribution in [-0.4, -0.2) is 13.0 Å². The van der Waals surface area contributed by atoms with E-state index in [9.17, 15) is 18.1 Å². The van der Waals surface area contributed by atoms with E-state index in [2.05, 4.69) is 20.5 Å². The van der Waals surface area contributed by atoms with Gasteiger partial charge in [-0.3, -0.25) is 4.55 Å². The van der Waals surface area contributed by atoms with E-state index in [1.54, 1.807) is 49.4 Å². The zero-order valence-electron chi connectivity index (χ0n) is 20.9. The molecule has 0 saturated carbocycles. The molecule has 194 valence electrons. The Morgan fingerprint density at radius 3 is 2.08 bits per heavy atom. The van der Waals surface area contributed by atoms with Gasteiger partial charge in [0.05, 0.1) is 22.7 Å². The average Bonchev–Trinajstić information content (AvgIpc) is 2.86. The van der Waals surface area contributed by atoms with E-state index in [0.29, 0.717) is 34.0 Å². The Morgan fingerprint density at radius 2 is 1.41 bits per heavy atom. The van der Waals surface area contributed by atoms with Gasteiger partial charge < -0.3 is 27.0 Å². The molecule has 0 aliphatic heterocycles. The molecule has 4 aromatic carbocycles. The molecule has 0 heterocycles. The van der Waals surface area contributed by atoms with E-state index in [1.807, 2.05) is 0 Å². The summed E-state index contributed by atoms with van der Waals surface area (Å²) in [5.74, 6) is -0.321. The molecule has 0 spiro atoms. The van der Waals surface area contributed by atoms with E-state index in [4.69, 9.17) is 21.9 Å². The smallest absolute Gasteiger partial charge is 0.871 e. The van der Waals surface area contributed by atoms with Gasteiger partial charge in [-0.15, -0.1) is 5.11 Å². The number of nitrogens with two attached hydrogens (primary N) is 3. The Hall–Kier alpha value is -4.01. The van der Waals surface area contributed by atoms with Gasteiger partial charge in [0.15, 0.2) is 0 Å². The predicted molar refractivity (Wildman–Crippen MR) is 141 cm³/mol. The number of nitrogen functional groups attached to an aromatic ring is 3. The van der Waals surface area contributed by atoms with Crippen LogP contribution in [-0.2, 0) is 10.1 Å². The molecular formula is C25H22N7NaO5S. The van der Waals surface area contributed by atoms with Gasteiger partial charge in [-0.1, -0.05) is 5.75 Å². The molecule has 14 heteroatoms. The summed E-state index contributed by atoms with van der Waals surface area (Å²) in [6.45, 7) is 1.71. The molecule has 0 amide bonds. The first-order valence-corrected chi connectivity index (χ1v) is 12.4. The van der Waals surface area contributed by atoms with Gasteiger partial charge in [-0.2, -0.15) is 23.8 Å². The van der Waals surface area contributed by atoms with Crippen LogP contribution in [0, 0.1) is 6.92 Å². The Bertz CT molecular complexity index is 1680. The summed E-state index contributed by atoms with van der Waals surface area (Å²) in [6, 6.07) is 17.6. The van der Waals surface area contributed by atoms with Crippen LogP contribution in [0.1, 0.15) is 5.56 Å². The van der Waals surface area contributed by atoms with Crippen LogP contribution in [0.2, 0.25) is 0 Å². The van der Waals surface area contributed by atoms with Crippen molar-refractivity contribution in [3.63, 3.8) is 0 Å². The van der Waals surface area contributed by atoms with E-state index in [1.165, 1.54) is 24.3 Å². The minimum atomic E-state index is -4.69. The normalized spacial score (nSPS) is 11.5. The Kier molecular flexibility index (Phi) is 9.27. The average molecular weight is 556 g/mol. The summed E-state index contributed by atoms with van der Waals surface area (Å²) in [4.78, 5) is -0.535. The molecule has 12 nitrogen and oxygen atoms in total. The van der Waals surface area contributed by atoms with Gasteiger partial charge in [-0.05, 0) is 85.3 Å². The second kappa shape index (κ2) is 12.2. The summed E-state index contributed by atoms with van der Waals surface area (Å²) in [6.07, 6.45) is 0. The minimum absolute atomic E-state index is 0. The first-order valence-electron chi connectivity index (χ1n) is 10.9. The topological polar surface area (TPSA) is 214 Å². The van der Waals surface area contributed by atoms with Gasteiger partial charge in [-0.25, -0.2) is 0 Å². The summed E-state index contributed by atoms with van der Waals surface area (Å²) in [5, 5.41) is 28.0. The number of hydrogen-bond donors (Lipinski definition) is 4. The van der Waals surface area contributed by atoms with Crippen molar-refractivity contribution in [3.8, 4) is 17.2 Å². The van der Waals surface area contributed by atoms with Crippen LogP contribution in [0.5, 0.6) is 17.2 Å². The number of hydrogen-bond acceptors (Lipinski definition) is 11. The van der Waals surface area contributed by atoms with Crippen LogP contribution in [0.25, 0.3) is 0 Å². The third-order valence-electron chi connectivity index (χ3n) is 5.22. The van der Waals surface area contributed by atoms with Crippen LogP contribution in [0.15, 0.2) is 98.1 Å². The summed E-state index contributed by atoms with van der Waals surface area (Å²) in [7, 11) is -4.69. The SMILES string of the molecule is Cc1cc(N=Nc2ccc(Oc3ccc(N=Nc4ccc(N)cc4N)cc3)c(S(=O)(=O)O)c2)c([O-])cc1N.[Na+]. The Labute approximate surface area is 246 Å². The molecule has 7 N–H and O–H groups in total. The number of aryl methyl sites for hydroxylation is 1. The van der Waals surface area contributed by atoms with Crippen molar-refractivity contribution < 1.29 is 52.4 Å². The van der Waals surface area contributed by atoms with E-state index >= 15 is 0 Å². The van der Waals surface area contributed by atoms with E-state index in [-0.39, 0.29) is 52.4 Å². The molecule has 0 bridgehead atoms. The first-order chi connectivity index (χ1) is 18.0. The molecule has 39 heavy (non-hydrogen) atoms. The summed E-state index contributed by atoms with van der Waals surface area (Å²) in [5.41, 5.74) is 20.1. The van der Waals surface area contributed by atoms with E-state index < -0.39 is 20.8 Å². The van der Waals surface area contributed by atoms with Gasteiger partial charge in [0.1, 0.15) is 22.1 Å². The number of anilines is 3. The molecule has 0 unspecified atom stereocenters. The van der Waals surface area contributed by atoms with E-state index in [0.717, 1.165) is 6.07 Å². The van der Waals surface area contributed by atoms with Crippen molar-refractivity contribution in [1.29, 1.82) is 0 Å². The fourth-order valence-electron chi connectivity index (χ4n) is 3.21. The van der Waals surface area contributed by atoms with Gasteiger partial charge >= 0.3 is 29.6 Å². The molecule has 0 saturated heterocycles. The molecule has 4 aromatic rings. The quantitative estimate of drug-likeness (QED) is 0.115. The van der Waals surface area contributed by atoms with Crippen molar-refractivity contribution in [1.82, 2.24) is 0 Å². The molecule has 0 atom stereocenters. The molecule has 0 fully saturated rings. The largest absolute Gasteiger partial charge is 1.00 e. The van der Waals surface area contributed by atoms with Gasteiger partial charge in [0, 0.05) is 11.4 Å². The van der Waals surface area contributed by atoms with Crippen LogP contribution in [0.4, 0.5) is 39.8 Å². The van der Waals surface area contributed by atoms with Crippen molar-refractivity contribution in [2.24, 2.45) is 20.5 Å². The number of azo groups is 2. The predicted octanol–water partition coefficient (Wildman–Crippen LogP) is 2.69. The number of rotatable bonds is 7. The van der Waals surface area contributed by atoms with Crippen LogP contribution >= 0.6 is 0 Å². The Morgan fingerprint density at radius 1 is 0.769 bits per heavy atom. The van der Waals surface area contributed by atoms with Crippen LogP contribution < -0.4 is 56.6 Å². The monoisotopic (exact) mass is 555 g/mol. The van der Waals surface area contributed by atoms with Crippen molar-refractivity contribution in [3.05, 3.63) is 78.4 Å². The summed E-state index contributed by atoms with van der Waals surface area (Å²) < 4.78 is 39.5. The minimum Gasteiger partial charge on any atom is -0.871 e. The van der Waals surface area contributed by atoms with Crippen molar-refractivity contribution >= 4 is 49.9 Å². The number of nitrogens with zero attached hydrogens (tertiary/aromatic N) is 4. The maximum absolute atomic E-state index is 12.0. The first kappa shape index (κ1) is 29.5. The number of ether oxygens (including phenoxy) is 1. The molecule has 4 rings (SSSR count). The molecule has 0 radical (unpaired) electrons. The molecular weight excluding hydrogens is 533 g/mol. The standard InChI is InChI=1S/C25H23N7O5S.Na/c1-14-10-22(23(33)13-19(14)27)32-30-17-5-9-24(25(12-17)38(34,35)36)37-18-6-3-16(4-7-18)29-31-21-8-2-15(26)11-20(21)28;/h2-13,33H,26-28H2,1H3,(H,34,35,36);/q;+1/p-1. The second-order valence-electron chi connectivity index (χ2n) is 8.10. The van der Waals surface area contributed by atoms with Crippen molar-refractivity contribution in [2.45, 2.75) is 11.8 Å². The fraction of sp³-hybridized carbons (Fsp3) is 0.0400. The van der Waals surface area contributed by atoms with Crippen molar-refractivity contribution in [2.75, 3.05) is 17.2 Å². The second-order valence-corrected chi connectivity index (χ2v) is 9.49. The van der Waals surface area contributed by atoms with Gasteiger partial charge in [0.2, 0.25) is 0 Å². The zero-order chi connectivity index (χ0) is 27.4. The Balaban J connectivity index is 0.00000420. The third-order valence-corrected chi connectivity index (χ3v) is 6.09. The molecule has 0 aliphatic carbocycles. The molecule has 0 aromatic heterocycles. The molecule has 0 aliphatic rings. The third kappa shape index (κ3) is 7.52. The maximum atomic E-state index is 12.0. The maximum Gasteiger partial charge on any atom is 1.00 e. The van der Waals surface area contributed by atoms with Gasteiger partial charge in [0.25, 0.3) is 10.1 Å².